The van der Waals surface area contributed by atoms with Crippen molar-refractivity contribution >= 4 is 23.7 Å². The predicted molar refractivity (Wildman–Crippen MR) is 90.5 cm³/mol. The lowest BCUT2D eigenvalue weighted by Crippen LogP contribution is -2.44. The van der Waals surface area contributed by atoms with Gasteiger partial charge in [0.05, 0.1) is 5.92 Å². The number of carboxylic acids is 2. The number of nitrogens with zero attached hydrogens (tertiary/aromatic N) is 3. The summed E-state index contributed by atoms with van der Waals surface area (Å²) in [7, 11) is 0. The highest BCUT2D eigenvalue weighted by Crippen LogP contribution is 2.27. The van der Waals surface area contributed by atoms with Gasteiger partial charge in [0, 0.05) is 24.5 Å². The Bertz CT molecular complexity index is 714. The first-order chi connectivity index (χ1) is 11.9. The number of aliphatic carboxylic acids is 2. The van der Waals surface area contributed by atoms with Crippen LogP contribution in [0.25, 0.3) is 0 Å². The van der Waals surface area contributed by atoms with Crippen molar-refractivity contribution in [2.24, 2.45) is 0 Å². The zero-order valence-electron chi connectivity index (χ0n) is 13.9. The number of hydrogen-bond acceptors (Lipinski definition) is 7. The van der Waals surface area contributed by atoms with Gasteiger partial charge in [-0.1, -0.05) is 17.3 Å². The minimum Gasteiger partial charge on any atom is -0.473 e. The monoisotopic (exact) mass is 365 g/mol. The lowest BCUT2D eigenvalue weighted by molar-refractivity contribution is -0.159. The number of aryl methyl sites for hydroxylation is 1. The normalized spacial score (nSPS) is 14.3. The summed E-state index contributed by atoms with van der Waals surface area (Å²) in [6, 6.07) is 8.77. The van der Waals surface area contributed by atoms with Crippen LogP contribution in [0.4, 0.5) is 0 Å². The molecule has 2 N–H and O–H groups in total. The maximum absolute atomic E-state index is 9.10. The number of thioether (sulfide) groups is 1. The molecule has 2 aromatic rings. The average molecular weight is 365 g/mol. The molecular weight excluding hydrogens is 346 g/mol. The first kappa shape index (κ1) is 18.9. The van der Waals surface area contributed by atoms with Crippen molar-refractivity contribution in [2.75, 3.05) is 19.3 Å². The molecule has 1 saturated heterocycles. The van der Waals surface area contributed by atoms with E-state index in [0.717, 1.165) is 31.3 Å². The number of likely N-dealkylation sites (tertiary alicyclic amines) is 1. The lowest BCUT2D eigenvalue weighted by Gasteiger charge is -2.37. The minimum absolute atomic E-state index is 0.409. The summed E-state index contributed by atoms with van der Waals surface area (Å²) >= 11 is 1.77. The van der Waals surface area contributed by atoms with Crippen LogP contribution in [0.3, 0.4) is 0 Å². The van der Waals surface area contributed by atoms with Crippen molar-refractivity contribution in [3.8, 4) is 0 Å². The number of rotatable bonds is 4. The van der Waals surface area contributed by atoms with E-state index < -0.39 is 11.9 Å². The Balaban J connectivity index is 0.000000326. The van der Waals surface area contributed by atoms with Crippen LogP contribution in [-0.2, 0) is 16.1 Å². The summed E-state index contributed by atoms with van der Waals surface area (Å²) in [5.41, 5.74) is 1.36. The molecule has 2 heterocycles. The zero-order valence-corrected chi connectivity index (χ0v) is 14.7. The van der Waals surface area contributed by atoms with Gasteiger partial charge in [0.25, 0.3) is 0 Å². The second kappa shape index (κ2) is 8.63. The molecule has 3 rings (SSSR count). The maximum Gasteiger partial charge on any atom is 0.414 e. The summed E-state index contributed by atoms with van der Waals surface area (Å²) in [5.74, 6) is -1.73. The molecule has 0 saturated carbocycles. The molecule has 0 atom stereocenters. The molecule has 1 fully saturated rings. The van der Waals surface area contributed by atoms with Crippen LogP contribution < -0.4 is 0 Å². The van der Waals surface area contributed by atoms with Crippen molar-refractivity contribution in [2.45, 2.75) is 24.3 Å². The molecule has 8 nitrogen and oxygen atoms in total. The van der Waals surface area contributed by atoms with Crippen LogP contribution in [0, 0.1) is 6.92 Å². The fourth-order valence-corrected chi connectivity index (χ4v) is 2.73. The van der Waals surface area contributed by atoms with Gasteiger partial charge in [-0.3, -0.25) is 4.90 Å². The van der Waals surface area contributed by atoms with E-state index in [1.54, 1.807) is 11.8 Å². The predicted octanol–water partition coefficient (Wildman–Crippen LogP) is 1.85. The lowest BCUT2D eigenvalue weighted by atomic mass is 9.99. The fraction of sp³-hybridized carbons (Fsp3) is 0.375. The number of carboxylic acid groups (broad SMARTS) is 2. The van der Waals surface area contributed by atoms with Gasteiger partial charge in [-0.2, -0.15) is 4.98 Å². The van der Waals surface area contributed by atoms with E-state index in [1.165, 1.54) is 10.5 Å². The summed E-state index contributed by atoms with van der Waals surface area (Å²) in [5, 5.41) is 18.6. The molecule has 0 radical (unpaired) electrons. The molecule has 25 heavy (non-hydrogen) atoms. The van der Waals surface area contributed by atoms with Gasteiger partial charge in [-0.25, -0.2) is 9.59 Å². The van der Waals surface area contributed by atoms with Crippen LogP contribution in [0.5, 0.6) is 0 Å². The SMILES string of the molecule is CSc1ccc(CN2CC(c3nc(C)no3)C2)cc1.O=C(O)C(=O)O. The van der Waals surface area contributed by atoms with Crippen molar-refractivity contribution in [1.82, 2.24) is 15.0 Å². The largest absolute Gasteiger partial charge is 0.473 e. The smallest absolute Gasteiger partial charge is 0.414 e. The highest BCUT2D eigenvalue weighted by molar-refractivity contribution is 7.98. The Kier molecular flexibility index (Phi) is 6.54. The Hall–Kier alpha value is -2.39. The Morgan fingerprint density at radius 3 is 2.28 bits per heavy atom. The van der Waals surface area contributed by atoms with E-state index in [2.05, 4.69) is 45.6 Å². The number of aromatic nitrogens is 2. The third kappa shape index (κ3) is 5.57. The first-order valence-corrected chi connectivity index (χ1v) is 8.73. The van der Waals surface area contributed by atoms with Crippen LogP contribution in [0.2, 0.25) is 0 Å². The highest BCUT2D eigenvalue weighted by atomic mass is 32.2. The van der Waals surface area contributed by atoms with Crippen molar-refractivity contribution in [3.63, 3.8) is 0 Å². The molecule has 0 bridgehead atoms. The summed E-state index contributed by atoms with van der Waals surface area (Å²) < 4.78 is 5.21. The van der Waals surface area contributed by atoms with Gasteiger partial charge in [0.2, 0.25) is 5.89 Å². The quantitative estimate of drug-likeness (QED) is 0.618. The Labute approximate surface area is 148 Å². The molecule has 0 amide bonds. The third-order valence-corrected chi connectivity index (χ3v) is 4.34. The van der Waals surface area contributed by atoms with Crippen molar-refractivity contribution in [1.29, 1.82) is 0 Å². The van der Waals surface area contributed by atoms with E-state index in [0.29, 0.717) is 5.92 Å². The van der Waals surface area contributed by atoms with E-state index in [1.807, 2.05) is 6.92 Å². The van der Waals surface area contributed by atoms with Gasteiger partial charge in [-0.15, -0.1) is 11.8 Å². The van der Waals surface area contributed by atoms with Crippen molar-refractivity contribution < 1.29 is 24.3 Å². The molecule has 0 aliphatic carbocycles. The Morgan fingerprint density at radius 2 is 1.84 bits per heavy atom. The third-order valence-electron chi connectivity index (χ3n) is 3.60. The van der Waals surface area contributed by atoms with E-state index in [-0.39, 0.29) is 0 Å². The molecule has 0 spiro atoms. The number of benzene rings is 1. The standard InChI is InChI=1S/C14H17N3OS.C2H2O4/c1-10-15-14(18-16-10)12-8-17(9-12)7-11-3-5-13(19-2)6-4-11;3-1(4)2(5)6/h3-6,12H,7-9H2,1-2H3;(H,3,4)(H,5,6). The van der Waals surface area contributed by atoms with Crippen LogP contribution in [-0.4, -0.2) is 56.5 Å². The molecular formula is C16H19N3O5S. The maximum atomic E-state index is 9.10. The molecule has 1 aromatic heterocycles. The summed E-state index contributed by atoms with van der Waals surface area (Å²) in [6.45, 7) is 4.87. The minimum atomic E-state index is -1.82. The first-order valence-electron chi connectivity index (χ1n) is 7.50. The molecule has 1 aliphatic rings. The van der Waals surface area contributed by atoms with Gasteiger partial charge in [-0.05, 0) is 30.9 Å². The number of carbonyl (C=O) groups is 2. The van der Waals surface area contributed by atoms with Gasteiger partial charge < -0.3 is 14.7 Å². The second-order valence-corrected chi connectivity index (χ2v) is 6.41. The molecule has 9 heteroatoms. The fourth-order valence-electron chi connectivity index (χ4n) is 2.32. The second-order valence-electron chi connectivity index (χ2n) is 5.53. The Morgan fingerprint density at radius 1 is 1.24 bits per heavy atom. The van der Waals surface area contributed by atoms with E-state index in [4.69, 9.17) is 24.3 Å². The van der Waals surface area contributed by atoms with E-state index >= 15 is 0 Å². The summed E-state index contributed by atoms with van der Waals surface area (Å²) in [4.78, 5) is 26.2. The molecule has 134 valence electrons. The zero-order chi connectivity index (χ0) is 18.4. The van der Waals surface area contributed by atoms with Crippen LogP contribution in [0.1, 0.15) is 23.2 Å². The van der Waals surface area contributed by atoms with Crippen LogP contribution >= 0.6 is 11.8 Å². The van der Waals surface area contributed by atoms with Crippen molar-refractivity contribution in [3.05, 3.63) is 41.5 Å². The van der Waals surface area contributed by atoms with E-state index in [9.17, 15) is 0 Å². The molecule has 1 aliphatic heterocycles. The summed E-state index contributed by atoms with van der Waals surface area (Å²) in [6.07, 6.45) is 2.10. The average Bonchev–Trinajstić information content (AvgIpc) is 2.97. The highest BCUT2D eigenvalue weighted by Gasteiger charge is 2.32. The molecule has 0 unspecified atom stereocenters. The molecule has 1 aromatic carbocycles. The topological polar surface area (TPSA) is 117 Å². The van der Waals surface area contributed by atoms with Gasteiger partial charge in [0.1, 0.15) is 0 Å². The van der Waals surface area contributed by atoms with Crippen LogP contribution in [0.15, 0.2) is 33.7 Å². The van der Waals surface area contributed by atoms with Gasteiger partial charge in [0.15, 0.2) is 5.82 Å². The number of hydrogen-bond donors (Lipinski definition) is 2. The van der Waals surface area contributed by atoms with Gasteiger partial charge >= 0.3 is 11.9 Å².